The molecule has 0 atom stereocenters. The molecular weight excluding hydrogens is 364 g/mol. The van der Waals surface area contributed by atoms with Gasteiger partial charge in [0.15, 0.2) is 5.82 Å². The molecule has 146 valence electrons. The van der Waals surface area contributed by atoms with Gasteiger partial charge in [0.05, 0.1) is 12.4 Å². The molecule has 1 saturated heterocycles. The normalized spacial score (nSPS) is 16.2. The highest BCUT2D eigenvalue weighted by atomic mass is 32.2. The monoisotopic (exact) mass is 390 g/mol. The maximum atomic E-state index is 12.5. The molecule has 0 bridgehead atoms. The second kappa shape index (κ2) is 9.34. The van der Waals surface area contributed by atoms with Crippen molar-refractivity contribution in [3.63, 3.8) is 0 Å². The summed E-state index contributed by atoms with van der Waals surface area (Å²) in [5, 5.41) is 10.2. The molecule has 2 heterocycles. The number of carbonyl (C=O) groups is 1. The molecule has 8 heteroatoms. The fraction of sp³-hybridized carbons (Fsp3) is 0.526. The molecule has 27 heavy (non-hydrogen) atoms. The zero-order valence-corrected chi connectivity index (χ0v) is 16.6. The number of benzene rings is 1. The van der Waals surface area contributed by atoms with Crippen molar-refractivity contribution in [3.05, 3.63) is 41.5 Å². The number of nitrogens with zero attached hydrogens (tertiary/aromatic N) is 2. The van der Waals surface area contributed by atoms with Crippen LogP contribution in [0.3, 0.4) is 0 Å². The van der Waals surface area contributed by atoms with Crippen LogP contribution >= 0.6 is 11.8 Å². The number of carbonyl (C=O) groups excluding carboxylic acids is 1. The Morgan fingerprint density at radius 1 is 1.33 bits per heavy atom. The molecule has 1 aromatic carbocycles. The van der Waals surface area contributed by atoms with Crippen LogP contribution in [-0.2, 0) is 10.5 Å². The van der Waals surface area contributed by atoms with Gasteiger partial charge in [-0.25, -0.2) is 0 Å². The maximum absolute atomic E-state index is 12.5. The van der Waals surface area contributed by atoms with Crippen molar-refractivity contribution < 1.29 is 14.1 Å². The number of hydrogen-bond donors (Lipinski definition) is 2. The first-order valence-electron chi connectivity index (χ1n) is 9.10. The Balaban J connectivity index is 1.52. The molecule has 1 aromatic heterocycles. The summed E-state index contributed by atoms with van der Waals surface area (Å²) in [6.45, 7) is 5.02. The van der Waals surface area contributed by atoms with Crippen LogP contribution in [0.1, 0.15) is 34.9 Å². The fourth-order valence-electron chi connectivity index (χ4n) is 3.25. The zero-order valence-electron chi connectivity index (χ0n) is 15.8. The van der Waals surface area contributed by atoms with Gasteiger partial charge in [0.1, 0.15) is 0 Å². The van der Waals surface area contributed by atoms with Crippen LogP contribution in [0.15, 0.2) is 33.7 Å². The lowest BCUT2D eigenvalue weighted by molar-refractivity contribution is 0.0511. The molecule has 2 aromatic rings. The number of hydrogen-bond acceptors (Lipinski definition) is 7. The maximum Gasteiger partial charge on any atom is 0.251 e. The van der Waals surface area contributed by atoms with Crippen LogP contribution in [-0.4, -0.2) is 49.4 Å². The highest BCUT2D eigenvalue weighted by Gasteiger charge is 2.32. The Kier molecular flexibility index (Phi) is 6.87. The molecule has 0 spiro atoms. The number of nitrogens with one attached hydrogen (secondary N) is 2. The number of ether oxygens (including phenoxy) is 1. The van der Waals surface area contributed by atoms with Crippen molar-refractivity contribution in [2.24, 2.45) is 5.41 Å². The Hall–Kier alpha value is -1.90. The summed E-state index contributed by atoms with van der Waals surface area (Å²) in [7, 11) is 1.72. The standard InChI is InChI=1S/C19H26N4O3S/c1-14-22-17(26-23-14)11-27-16-5-3-15(4-6-16)18(24)21-12-19(13-25-2)7-9-20-10-8-19/h3-6,20H,7-13H2,1-2H3,(H,21,24). The minimum absolute atomic E-state index is 0.0215. The van der Waals surface area contributed by atoms with Crippen molar-refractivity contribution in [1.82, 2.24) is 20.8 Å². The quantitative estimate of drug-likeness (QED) is 0.669. The lowest BCUT2D eigenvalue weighted by Crippen LogP contribution is -2.47. The van der Waals surface area contributed by atoms with E-state index in [9.17, 15) is 4.79 Å². The van der Waals surface area contributed by atoms with Crippen LogP contribution in [0.2, 0.25) is 0 Å². The predicted molar refractivity (Wildman–Crippen MR) is 104 cm³/mol. The molecule has 7 nitrogen and oxygen atoms in total. The second-order valence-electron chi connectivity index (χ2n) is 6.91. The molecule has 1 aliphatic heterocycles. The number of amides is 1. The van der Waals surface area contributed by atoms with E-state index in [1.54, 1.807) is 25.8 Å². The van der Waals surface area contributed by atoms with E-state index >= 15 is 0 Å². The van der Waals surface area contributed by atoms with E-state index < -0.39 is 0 Å². The third-order valence-corrected chi connectivity index (χ3v) is 5.78. The van der Waals surface area contributed by atoms with Crippen molar-refractivity contribution in [3.8, 4) is 0 Å². The highest BCUT2D eigenvalue weighted by molar-refractivity contribution is 7.98. The Morgan fingerprint density at radius 2 is 2.07 bits per heavy atom. The van der Waals surface area contributed by atoms with Gasteiger partial charge in [0.25, 0.3) is 5.91 Å². The minimum atomic E-state index is -0.0481. The third kappa shape index (κ3) is 5.54. The lowest BCUT2D eigenvalue weighted by Gasteiger charge is -2.37. The number of rotatable bonds is 8. The first-order valence-corrected chi connectivity index (χ1v) is 10.1. The largest absolute Gasteiger partial charge is 0.384 e. The molecule has 0 unspecified atom stereocenters. The number of aryl methyl sites for hydroxylation is 1. The predicted octanol–water partition coefficient (Wildman–Crippen LogP) is 2.42. The number of aromatic nitrogens is 2. The summed E-state index contributed by atoms with van der Waals surface area (Å²) >= 11 is 1.60. The van der Waals surface area contributed by atoms with Gasteiger partial charge in [-0.15, -0.1) is 11.8 Å². The Bertz CT molecular complexity index is 736. The highest BCUT2D eigenvalue weighted by Crippen LogP contribution is 2.28. The molecule has 0 aliphatic carbocycles. The summed E-state index contributed by atoms with van der Waals surface area (Å²) < 4.78 is 10.5. The van der Waals surface area contributed by atoms with Gasteiger partial charge in [-0.3, -0.25) is 4.79 Å². The van der Waals surface area contributed by atoms with Crippen molar-refractivity contribution in [2.75, 3.05) is 33.4 Å². The molecule has 1 aliphatic rings. The number of thioether (sulfide) groups is 1. The molecule has 3 rings (SSSR count). The van der Waals surface area contributed by atoms with E-state index in [0.717, 1.165) is 30.8 Å². The Labute approximate surface area is 163 Å². The van der Waals surface area contributed by atoms with Gasteiger partial charge in [0.2, 0.25) is 5.89 Å². The van der Waals surface area contributed by atoms with Crippen LogP contribution in [0.4, 0.5) is 0 Å². The van der Waals surface area contributed by atoms with Crippen molar-refractivity contribution >= 4 is 17.7 Å². The summed E-state index contributed by atoms with van der Waals surface area (Å²) in [5.41, 5.74) is 0.683. The third-order valence-electron chi connectivity index (χ3n) is 4.79. The smallest absolute Gasteiger partial charge is 0.251 e. The SMILES string of the molecule is COCC1(CNC(=O)c2ccc(SCc3nc(C)no3)cc2)CCNCC1. The molecule has 1 amide bonds. The van der Waals surface area contributed by atoms with E-state index in [1.165, 1.54) is 0 Å². The average Bonchev–Trinajstić information content (AvgIpc) is 3.11. The van der Waals surface area contributed by atoms with Gasteiger partial charge in [-0.1, -0.05) is 5.16 Å². The first-order chi connectivity index (χ1) is 13.1. The molecule has 0 radical (unpaired) electrons. The minimum Gasteiger partial charge on any atom is -0.384 e. The van der Waals surface area contributed by atoms with E-state index in [2.05, 4.69) is 20.8 Å². The van der Waals surface area contributed by atoms with Crippen LogP contribution in [0.5, 0.6) is 0 Å². The Morgan fingerprint density at radius 3 is 2.70 bits per heavy atom. The van der Waals surface area contributed by atoms with Gasteiger partial charge in [0, 0.05) is 29.5 Å². The molecule has 2 N–H and O–H groups in total. The number of piperidine rings is 1. The van der Waals surface area contributed by atoms with E-state index in [1.807, 2.05) is 24.3 Å². The van der Waals surface area contributed by atoms with Crippen molar-refractivity contribution in [2.45, 2.75) is 30.4 Å². The van der Waals surface area contributed by atoms with Crippen LogP contribution < -0.4 is 10.6 Å². The van der Waals surface area contributed by atoms with Crippen LogP contribution in [0.25, 0.3) is 0 Å². The summed E-state index contributed by atoms with van der Waals surface area (Å²) in [5.74, 6) is 1.80. The van der Waals surface area contributed by atoms with E-state index in [-0.39, 0.29) is 11.3 Å². The fourth-order valence-corrected chi connectivity index (χ4v) is 3.99. The summed E-state index contributed by atoms with van der Waals surface area (Å²) in [4.78, 5) is 17.8. The van der Waals surface area contributed by atoms with Crippen LogP contribution in [0, 0.1) is 12.3 Å². The van der Waals surface area contributed by atoms with Gasteiger partial charge in [-0.05, 0) is 57.1 Å². The number of methoxy groups -OCH3 is 1. The molecule has 1 fully saturated rings. The molecule has 0 saturated carbocycles. The summed E-state index contributed by atoms with van der Waals surface area (Å²) in [6.07, 6.45) is 2.01. The second-order valence-corrected chi connectivity index (χ2v) is 7.96. The zero-order chi connectivity index (χ0) is 19.1. The topological polar surface area (TPSA) is 89.3 Å². The van der Waals surface area contributed by atoms with Gasteiger partial charge in [-0.2, -0.15) is 4.98 Å². The molecular formula is C19H26N4O3S. The van der Waals surface area contributed by atoms with E-state index in [0.29, 0.717) is 36.2 Å². The lowest BCUT2D eigenvalue weighted by atomic mass is 9.79. The van der Waals surface area contributed by atoms with Gasteiger partial charge < -0.3 is 19.9 Å². The average molecular weight is 391 g/mol. The van der Waals surface area contributed by atoms with Crippen molar-refractivity contribution in [1.29, 1.82) is 0 Å². The van der Waals surface area contributed by atoms with E-state index in [4.69, 9.17) is 9.26 Å². The van der Waals surface area contributed by atoms with Gasteiger partial charge >= 0.3 is 0 Å². The first kappa shape index (κ1) is 19.9. The summed E-state index contributed by atoms with van der Waals surface area (Å²) in [6, 6.07) is 7.58.